The van der Waals surface area contributed by atoms with Crippen LogP contribution >= 0.6 is 0 Å². The number of aromatic nitrogens is 1. The molecular weight excluding hydrogens is 578 g/mol. The maximum atomic E-state index is 13.3. The first-order valence-corrected chi connectivity index (χ1v) is 10.4. The molecule has 0 fully saturated rings. The zero-order chi connectivity index (χ0) is 21.6. The van der Waals surface area contributed by atoms with Gasteiger partial charge < -0.3 is 9.40 Å². The molecule has 0 aliphatic heterocycles. The summed E-state index contributed by atoms with van der Waals surface area (Å²) in [6, 6.07) is 24.2. The molecule has 1 radical (unpaired) electrons. The zero-order valence-corrected chi connectivity index (χ0v) is 20.6. The van der Waals surface area contributed by atoms with Crippen LogP contribution in [0.1, 0.15) is 26.3 Å². The molecule has 2 aromatic heterocycles. The zero-order valence-electron chi connectivity index (χ0n) is 18.2. The van der Waals surface area contributed by atoms with Gasteiger partial charge in [0.2, 0.25) is 0 Å². The summed E-state index contributed by atoms with van der Waals surface area (Å²) in [6.45, 7) is 6.71. The van der Waals surface area contributed by atoms with Crippen LogP contribution in [0.3, 0.4) is 0 Å². The van der Waals surface area contributed by atoms with Crippen molar-refractivity contribution in [2.45, 2.75) is 27.2 Å². The van der Waals surface area contributed by atoms with Gasteiger partial charge in [-0.3, -0.25) is 0 Å². The third-order valence-electron chi connectivity index (χ3n) is 5.42. The minimum absolute atomic E-state index is 0. The number of furan rings is 1. The Morgan fingerprint density at radius 2 is 1.59 bits per heavy atom. The van der Waals surface area contributed by atoms with Crippen LogP contribution in [0.5, 0.6) is 0 Å². The Bertz CT molecular complexity index is 1400. The Balaban J connectivity index is 0.00000245. The molecule has 0 aliphatic rings. The summed E-state index contributed by atoms with van der Waals surface area (Å²) in [5, 5.41) is 2.06. The second kappa shape index (κ2) is 8.61. The average Bonchev–Trinajstić information content (AvgIpc) is 3.10. The summed E-state index contributed by atoms with van der Waals surface area (Å²) >= 11 is 0. The molecule has 0 aliphatic carbocycles. The molecule has 163 valence electrons. The molecule has 5 rings (SSSR count). The van der Waals surface area contributed by atoms with Crippen LogP contribution in [0.2, 0.25) is 0 Å². The average molecular weight is 601 g/mol. The molecule has 0 bridgehead atoms. The van der Waals surface area contributed by atoms with Gasteiger partial charge in [0.15, 0.2) is 0 Å². The molecule has 2 nitrogen and oxygen atoms in total. The number of benzene rings is 3. The first-order valence-electron chi connectivity index (χ1n) is 10.4. The fourth-order valence-corrected chi connectivity index (χ4v) is 4.03. The SMILES string of the molecule is CC(C)(C)Cc1ccnc(-c2[c-]cc3c(c2)oc2cc(-c4ccc(F)cc4)ccc23)c1.[Ir]. The normalized spacial score (nSPS) is 11.6. The standard InChI is InChI=1S/C28H23FNO.Ir/c1-28(2,3)17-18-12-13-30-25(14-18)21-7-11-24-23-10-6-20(15-26(23)31-27(24)16-21)19-4-8-22(29)9-5-19;/h4-6,8-16H,17H2,1-3H3;/q-1;. The molecule has 0 saturated carbocycles. The monoisotopic (exact) mass is 601 g/mol. The van der Waals surface area contributed by atoms with E-state index in [1.807, 2.05) is 30.5 Å². The van der Waals surface area contributed by atoms with E-state index in [-0.39, 0.29) is 31.3 Å². The fraction of sp³-hybridized carbons (Fsp3) is 0.179. The van der Waals surface area contributed by atoms with Crippen molar-refractivity contribution in [3.05, 3.63) is 90.4 Å². The van der Waals surface area contributed by atoms with E-state index in [0.29, 0.717) is 0 Å². The quantitative estimate of drug-likeness (QED) is 0.197. The number of nitrogens with zero attached hydrogens (tertiary/aromatic N) is 1. The Hall–Kier alpha value is -2.81. The van der Waals surface area contributed by atoms with Crippen molar-refractivity contribution in [3.8, 4) is 22.4 Å². The third-order valence-corrected chi connectivity index (χ3v) is 5.42. The Morgan fingerprint density at radius 3 is 2.34 bits per heavy atom. The van der Waals surface area contributed by atoms with Crippen molar-refractivity contribution in [3.63, 3.8) is 0 Å². The second-order valence-corrected chi connectivity index (χ2v) is 9.23. The van der Waals surface area contributed by atoms with E-state index in [2.05, 4.69) is 50.0 Å². The number of pyridine rings is 1. The van der Waals surface area contributed by atoms with Gasteiger partial charge >= 0.3 is 0 Å². The van der Waals surface area contributed by atoms with E-state index in [0.717, 1.165) is 50.7 Å². The topological polar surface area (TPSA) is 26.0 Å². The molecule has 0 atom stereocenters. The molecular formula is C28H23FIrNO-. The Morgan fingerprint density at radius 1 is 0.875 bits per heavy atom. The molecule has 0 unspecified atom stereocenters. The summed E-state index contributed by atoms with van der Waals surface area (Å²) in [7, 11) is 0. The van der Waals surface area contributed by atoms with Gasteiger partial charge in [0.05, 0.1) is 5.58 Å². The number of halogens is 1. The van der Waals surface area contributed by atoms with Gasteiger partial charge in [-0.25, -0.2) is 4.39 Å². The summed E-state index contributed by atoms with van der Waals surface area (Å²) in [5.41, 5.74) is 6.85. The first-order chi connectivity index (χ1) is 14.9. The molecule has 2 heterocycles. The van der Waals surface area contributed by atoms with Crippen molar-refractivity contribution in [1.82, 2.24) is 4.98 Å². The van der Waals surface area contributed by atoms with E-state index >= 15 is 0 Å². The summed E-state index contributed by atoms with van der Waals surface area (Å²) < 4.78 is 19.4. The van der Waals surface area contributed by atoms with Crippen molar-refractivity contribution < 1.29 is 28.9 Å². The van der Waals surface area contributed by atoms with Crippen LogP contribution in [0, 0.1) is 17.3 Å². The van der Waals surface area contributed by atoms with Crippen molar-refractivity contribution >= 4 is 21.9 Å². The van der Waals surface area contributed by atoms with E-state index < -0.39 is 0 Å². The molecule has 0 N–H and O–H groups in total. The maximum absolute atomic E-state index is 13.3. The van der Waals surface area contributed by atoms with Crippen LogP contribution in [0.4, 0.5) is 4.39 Å². The van der Waals surface area contributed by atoms with Crippen LogP contribution < -0.4 is 0 Å². The van der Waals surface area contributed by atoms with Gasteiger partial charge in [0.1, 0.15) is 11.4 Å². The minimum atomic E-state index is -0.239. The number of rotatable bonds is 3. The predicted octanol–water partition coefficient (Wildman–Crippen LogP) is 7.84. The van der Waals surface area contributed by atoms with Gasteiger partial charge in [-0.1, -0.05) is 68.1 Å². The van der Waals surface area contributed by atoms with Gasteiger partial charge in [0, 0.05) is 26.3 Å². The number of hydrogen-bond acceptors (Lipinski definition) is 2. The largest absolute Gasteiger partial charge is 0.476 e. The van der Waals surface area contributed by atoms with Crippen LogP contribution in [0.25, 0.3) is 44.3 Å². The van der Waals surface area contributed by atoms with E-state index in [9.17, 15) is 4.39 Å². The van der Waals surface area contributed by atoms with Gasteiger partial charge in [0.25, 0.3) is 0 Å². The van der Waals surface area contributed by atoms with Crippen LogP contribution in [-0.2, 0) is 26.5 Å². The molecule has 4 heteroatoms. The van der Waals surface area contributed by atoms with Crippen molar-refractivity contribution in [1.29, 1.82) is 0 Å². The van der Waals surface area contributed by atoms with Crippen molar-refractivity contribution in [2.24, 2.45) is 5.41 Å². The third kappa shape index (κ3) is 4.53. The second-order valence-electron chi connectivity index (χ2n) is 9.23. The molecule has 0 saturated heterocycles. The van der Waals surface area contributed by atoms with Crippen LogP contribution in [0.15, 0.2) is 77.3 Å². The predicted molar refractivity (Wildman–Crippen MR) is 124 cm³/mol. The summed E-state index contributed by atoms with van der Waals surface area (Å²) in [5.74, 6) is -0.239. The van der Waals surface area contributed by atoms with Gasteiger partial charge in [-0.2, -0.15) is 0 Å². The molecule has 3 aromatic carbocycles. The summed E-state index contributed by atoms with van der Waals surface area (Å²) in [6.07, 6.45) is 2.85. The smallest absolute Gasteiger partial charge is 0.124 e. The van der Waals surface area contributed by atoms with E-state index in [4.69, 9.17) is 4.42 Å². The Kier molecular flexibility index (Phi) is 6.03. The molecule has 0 spiro atoms. The minimum Gasteiger partial charge on any atom is -0.476 e. The fourth-order valence-electron chi connectivity index (χ4n) is 4.03. The summed E-state index contributed by atoms with van der Waals surface area (Å²) in [4.78, 5) is 4.56. The van der Waals surface area contributed by atoms with Crippen molar-refractivity contribution in [2.75, 3.05) is 0 Å². The maximum Gasteiger partial charge on any atom is 0.124 e. The van der Waals surface area contributed by atoms with Crippen LogP contribution in [-0.4, -0.2) is 4.98 Å². The van der Waals surface area contributed by atoms with E-state index in [1.54, 1.807) is 12.1 Å². The van der Waals surface area contributed by atoms with E-state index in [1.165, 1.54) is 17.7 Å². The Labute approximate surface area is 200 Å². The molecule has 0 amide bonds. The first kappa shape index (κ1) is 22.4. The molecule has 32 heavy (non-hydrogen) atoms. The number of hydrogen-bond donors (Lipinski definition) is 0. The number of fused-ring (bicyclic) bond motifs is 3. The van der Waals surface area contributed by atoms with Gasteiger partial charge in [-0.15, -0.1) is 17.7 Å². The van der Waals surface area contributed by atoms with Gasteiger partial charge in [-0.05, 0) is 58.3 Å². The molecule has 5 aromatic rings.